The summed E-state index contributed by atoms with van der Waals surface area (Å²) in [5.41, 5.74) is 5.06. The lowest BCUT2D eigenvalue weighted by molar-refractivity contribution is 0.102. The summed E-state index contributed by atoms with van der Waals surface area (Å²) in [6.07, 6.45) is 0.907. The molecule has 1 amide bonds. The maximum absolute atomic E-state index is 12.2. The highest BCUT2D eigenvalue weighted by Gasteiger charge is 2.08. The van der Waals surface area contributed by atoms with Crippen molar-refractivity contribution in [1.29, 1.82) is 0 Å². The zero-order chi connectivity index (χ0) is 13.8. The molecule has 0 spiro atoms. The van der Waals surface area contributed by atoms with Crippen LogP contribution in [0.2, 0.25) is 0 Å². The smallest absolute Gasteiger partial charge is 0.255 e. The molecule has 2 rings (SSSR count). The van der Waals surface area contributed by atoms with E-state index in [0.29, 0.717) is 5.56 Å². The molecule has 0 aliphatic heterocycles. The molecule has 19 heavy (non-hydrogen) atoms. The van der Waals surface area contributed by atoms with Crippen molar-refractivity contribution in [2.75, 3.05) is 5.32 Å². The molecule has 2 nitrogen and oxygen atoms in total. The van der Waals surface area contributed by atoms with E-state index in [0.717, 1.165) is 28.8 Å². The number of carbonyl (C=O) groups is 1. The predicted octanol–water partition coefficient (Wildman–Crippen LogP) is 4.12. The van der Waals surface area contributed by atoms with Gasteiger partial charge < -0.3 is 5.32 Å². The van der Waals surface area contributed by atoms with Crippen molar-refractivity contribution < 1.29 is 4.79 Å². The van der Waals surface area contributed by atoms with Gasteiger partial charge in [-0.05, 0) is 49.6 Å². The quantitative estimate of drug-likeness (QED) is 0.876. The van der Waals surface area contributed by atoms with Crippen molar-refractivity contribution in [2.24, 2.45) is 0 Å². The van der Waals surface area contributed by atoms with Crippen LogP contribution in [0, 0.1) is 13.8 Å². The van der Waals surface area contributed by atoms with E-state index in [9.17, 15) is 4.79 Å². The van der Waals surface area contributed by atoms with E-state index in [1.54, 1.807) is 0 Å². The molecule has 0 aliphatic carbocycles. The molecule has 0 atom stereocenters. The molecule has 2 aromatic rings. The van der Waals surface area contributed by atoms with Gasteiger partial charge in [-0.3, -0.25) is 4.79 Å². The molecule has 1 N–H and O–H groups in total. The molecule has 0 fully saturated rings. The summed E-state index contributed by atoms with van der Waals surface area (Å²) in [5, 5.41) is 3.00. The highest BCUT2D eigenvalue weighted by molar-refractivity contribution is 6.04. The fourth-order valence-electron chi connectivity index (χ4n) is 2.01. The van der Waals surface area contributed by atoms with Gasteiger partial charge in [-0.2, -0.15) is 0 Å². The number of benzene rings is 2. The summed E-state index contributed by atoms with van der Waals surface area (Å²) < 4.78 is 0. The Balaban J connectivity index is 2.23. The van der Waals surface area contributed by atoms with E-state index in [2.05, 4.69) is 24.4 Å². The lowest BCUT2D eigenvalue weighted by Gasteiger charge is -2.11. The summed E-state index contributed by atoms with van der Waals surface area (Å²) in [6.45, 7) is 6.13. The maximum atomic E-state index is 12.2. The molecule has 0 unspecified atom stereocenters. The van der Waals surface area contributed by atoms with Crippen LogP contribution < -0.4 is 5.32 Å². The average molecular weight is 253 g/mol. The van der Waals surface area contributed by atoms with Gasteiger partial charge in [-0.25, -0.2) is 0 Å². The number of rotatable bonds is 3. The van der Waals surface area contributed by atoms with Gasteiger partial charge in [0.2, 0.25) is 0 Å². The standard InChI is InChI=1S/C17H19NO/c1-4-14-8-7-13(3)11-16(14)18-17(19)15-9-5-12(2)6-10-15/h5-11H,4H2,1-3H3,(H,18,19). The average Bonchev–Trinajstić information content (AvgIpc) is 2.39. The third-order valence-corrected chi connectivity index (χ3v) is 3.21. The van der Waals surface area contributed by atoms with Crippen molar-refractivity contribution in [1.82, 2.24) is 0 Å². The summed E-state index contributed by atoms with van der Waals surface area (Å²) in [4.78, 5) is 12.2. The van der Waals surface area contributed by atoms with Gasteiger partial charge in [0.05, 0.1) is 0 Å². The van der Waals surface area contributed by atoms with Crippen LogP contribution in [-0.4, -0.2) is 5.91 Å². The Bertz CT molecular complexity index is 585. The normalized spacial score (nSPS) is 10.3. The molecular formula is C17H19NO. The minimum Gasteiger partial charge on any atom is -0.322 e. The number of nitrogens with one attached hydrogen (secondary N) is 1. The van der Waals surface area contributed by atoms with E-state index < -0.39 is 0 Å². The zero-order valence-electron chi connectivity index (χ0n) is 11.7. The van der Waals surface area contributed by atoms with Gasteiger partial charge in [0.25, 0.3) is 5.91 Å². The van der Waals surface area contributed by atoms with E-state index in [1.807, 2.05) is 44.2 Å². The Labute approximate surface area is 114 Å². The van der Waals surface area contributed by atoms with Crippen molar-refractivity contribution in [3.63, 3.8) is 0 Å². The molecule has 0 aliphatic rings. The van der Waals surface area contributed by atoms with E-state index in [4.69, 9.17) is 0 Å². The van der Waals surface area contributed by atoms with Crippen LogP contribution in [0.15, 0.2) is 42.5 Å². The third kappa shape index (κ3) is 3.22. The Kier molecular flexibility index (Phi) is 4.00. The molecule has 0 heterocycles. The number of anilines is 1. The van der Waals surface area contributed by atoms with Gasteiger partial charge in [-0.15, -0.1) is 0 Å². The second kappa shape index (κ2) is 5.70. The van der Waals surface area contributed by atoms with Gasteiger partial charge >= 0.3 is 0 Å². The van der Waals surface area contributed by atoms with Crippen LogP contribution in [0.25, 0.3) is 0 Å². The molecule has 0 saturated carbocycles. The number of aryl methyl sites for hydroxylation is 3. The minimum atomic E-state index is -0.0553. The second-order valence-electron chi connectivity index (χ2n) is 4.83. The van der Waals surface area contributed by atoms with E-state index in [1.165, 1.54) is 0 Å². The second-order valence-corrected chi connectivity index (χ2v) is 4.83. The molecule has 0 saturated heterocycles. The van der Waals surface area contributed by atoms with Crippen molar-refractivity contribution >= 4 is 11.6 Å². The van der Waals surface area contributed by atoms with Crippen LogP contribution in [0.3, 0.4) is 0 Å². The van der Waals surface area contributed by atoms with Gasteiger partial charge in [0.1, 0.15) is 0 Å². The molecule has 0 bridgehead atoms. The van der Waals surface area contributed by atoms with Gasteiger partial charge in [0, 0.05) is 11.3 Å². The molecule has 0 aromatic heterocycles. The Morgan fingerprint density at radius 3 is 2.26 bits per heavy atom. The largest absolute Gasteiger partial charge is 0.322 e. The van der Waals surface area contributed by atoms with Crippen LogP contribution in [0.4, 0.5) is 5.69 Å². The molecule has 2 heteroatoms. The zero-order valence-corrected chi connectivity index (χ0v) is 11.7. The molecule has 0 radical (unpaired) electrons. The van der Waals surface area contributed by atoms with Crippen molar-refractivity contribution in [2.45, 2.75) is 27.2 Å². The predicted molar refractivity (Wildman–Crippen MR) is 79.7 cm³/mol. The third-order valence-electron chi connectivity index (χ3n) is 3.21. The highest BCUT2D eigenvalue weighted by atomic mass is 16.1. The first-order chi connectivity index (χ1) is 9.10. The first-order valence-corrected chi connectivity index (χ1v) is 6.57. The Morgan fingerprint density at radius 1 is 1.00 bits per heavy atom. The van der Waals surface area contributed by atoms with E-state index in [-0.39, 0.29) is 5.91 Å². The summed E-state index contributed by atoms with van der Waals surface area (Å²) in [5.74, 6) is -0.0553. The topological polar surface area (TPSA) is 29.1 Å². The van der Waals surface area contributed by atoms with Crippen molar-refractivity contribution in [3.05, 3.63) is 64.7 Å². The number of carbonyl (C=O) groups excluding carboxylic acids is 1. The summed E-state index contributed by atoms with van der Waals surface area (Å²) in [6, 6.07) is 13.8. The summed E-state index contributed by atoms with van der Waals surface area (Å²) >= 11 is 0. The van der Waals surface area contributed by atoms with Gasteiger partial charge in [0.15, 0.2) is 0 Å². The van der Waals surface area contributed by atoms with Crippen LogP contribution in [-0.2, 0) is 6.42 Å². The van der Waals surface area contributed by atoms with Crippen LogP contribution in [0.5, 0.6) is 0 Å². The van der Waals surface area contributed by atoms with E-state index >= 15 is 0 Å². The van der Waals surface area contributed by atoms with Crippen LogP contribution in [0.1, 0.15) is 34.0 Å². The molecule has 2 aromatic carbocycles. The number of hydrogen-bond acceptors (Lipinski definition) is 1. The van der Waals surface area contributed by atoms with Crippen molar-refractivity contribution in [3.8, 4) is 0 Å². The first-order valence-electron chi connectivity index (χ1n) is 6.57. The minimum absolute atomic E-state index is 0.0553. The monoisotopic (exact) mass is 253 g/mol. The Hall–Kier alpha value is -2.09. The Morgan fingerprint density at radius 2 is 1.63 bits per heavy atom. The van der Waals surface area contributed by atoms with Crippen LogP contribution >= 0.6 is 0 Å². The molecule has 98 valence electrons. The lowest BCUT2D eigenvalue weighted by Crippen LogP contribution is -2.13. The first kappa shape index (κ1) is 13.3. The number of hydrogen-bond donors (Lipinski definition) is 1. The summed E-state index contributed by atoms with van der Waals surface area (Å²) in [7, 11) is 0. The maximum Gasteiger partial charge on any atom is 0.255 e. The SMILES string of the molecule is CCc1ccc(C)cc1NC(=O)c1ccc(C)cc1. The lowest BCUT2D eigenvalue weighted by atomic mass is 10.1. The highest BCUT2D eigenvalue weighted by Crippen LogP contribution is 2.19. The fraction of sp³-hybridized carbons (Fsp3) is 0.235. The molecular weight excluding hydrogens is 234 g/mol. The van der Waals surface area contributed by atoms with Gasteiger partial charge in [-0.1, -0.05) is 36.8 Å². The number of amides is 1. The fourth-order valence-corrected chi connectivity index (χ4v) is 2.01.